The number of ether oxygens (including phenoxy) is 1. The first kappa shape index (κ1) is 12.4. The Morgan fingerprint density at radius 1 is 1.12 bits per heavy atom. The third-order valence-corrected chi connectivity index (χ3v) is 3.17. The first-order valence-electron chi connectivity index (χ1n) is 6.67. The van der Waals surface area contributed by atoms with Gasteiger partial charge >= 0.3 is 0 Å². The zero-order valence-corrected chi connectivity index (χ0v) is 11.0. The lowest BCUT2D eigenvalue weighted by Gasteiger charge is -2.22. The Hall–Kier alpha value is -1.02. The van der Waals surface area contributed by atoms with Crippen molar-refractivity contribution in [2.75, 3.05) is 31.2 Å². The Balaban J connectivity index is 2.00. The van der Waals surface area contributed by atoms with Crippen molar-refractivity contribution < 1.29 is 4.74 Å². The molecule has 1 aliphatic heterocycles. The fourth-order valence-corrected chi connectivity index (χ4v) is 2.32. The Bertz CT molecular complexity index is 323. The van der Waals surface area contributed by atoms with Crippen LogP contribution in [0.15, 0.2) is 24.3 Å². The van der Waals surface area contributed by atoms with Crippen LogP contribution in [0.2, 0.25) is 0 Å². The third-order valence-electron chi connectivity index (χ3n) is 3.17. The van der Waals surface area contributed by atoms with Gasteiger partial charge in [0.1, 0.15) is 0 Å². The van der Waals surface area contributed by atoms with Gasteiger partial charge < -0.3 is 9.64 Å². The van der Waals surface area contributed by atoms with E-state index in [1.54, 1.807) is 0 Å². The van der Waals surface area contributed by atoms with E-state index in [4.69, 9.17) is 4.74 Å². The van der Waals surface area contributed by atoms with Gasteiger partial charge in [-0.05, 0) is 36.5 Å². The maximum Gasteiger partial charge on any atom is 0.0641 e. The van der Waals surface area contributed by atoms with Crippen LogP contribution in [0.25, 0.3) is 0 Å². The largest absolute Gasteiger partial charge is 0.380 e. The van der Waals surface area contributed by atoms with Gasteiger partial charge in [-0.25, -0.2) is 0 Å². The molecule has 0 unspecified atom stereocenters. The normalized spacial score (nSPS) is 17.2. The predicted molar refractivity (Wildman–Crippen MR) is 72.6 cm³/mol. The number of anilines is 1. The highest BCUT2D eigenvalue weighted by atomic mass is 16.5. The molecule has 17 heavy (non-hydrogen) atoms. The van der Waals surface area contributed by atoms with Crippen LogP contribution >= 0.6 is 0 Å². The Morgan fingerprint density at radius 2 is 1.88 bits per heavy atom. The van der Waals surface area contributed by atoms with Crippen LogP contribution in [0.3, 0.4) is 0 Å². The van der Waals surface area contributed by atoms with Crippen molar-refractivity contribution in [1.29, 1.82) is 0 Å². The lowest BCUT2D eigenvalue weighted by Crippen LogP contribution is -2.25. The van der Waals surface area contributed by atoms with Crippen molar-refractivity contribution in [3.8, 4) is 0 Å². The van der Waals surface area contributed by atoms with E-state index in [0.29, 0.717) is 0 Å². The smallest absolute Gasteiger partial charge is 0.0641 e. The van der Waals surface area contributed by atoms with Gasteiger partial charge in [0.05, 0.1) is 6.61 Å². The van der Waals surface area contributed by atoms with Crippen molar-refractivity contribution in [3.05, 3.63) is 29.8 Å². The third kappa shape index (κ3) is 3.74. The van der Waals surface area contributed by atoms with Crippen LogP contribution in [0, 0.1) is 5.92 Å². The van der Waals surface area contributed by atoms with E-state index in [0.717, 1.165) is 38.6 Å². The van der Waals surface area contributed by atoms with Crippen molar-refractivity contribution in [3.63, 3.8) is 0 Å². The second kappa shape index (κ2) is 6.06. The molecular formula is C15H23NO. The minimum Gasteiger partial charge on any atom is -0.380 e. The number of nitrogens with zero attached hydrogens (tertiary/aromatic N) is 1. The predicted octanol–water partition coefficient (Wildman–Crippen LogP) is 3.11. The van der Waals surface area contributed by atoms with E-state index >= 15 is 0 Å². The van der Waals surface area contributed by atoms with Crippen molar-refractivity contribution in [2.24, 2.45) is 5.92 Å². The van der Waals surface area contributed by atoms with Crippen LogP contribution < -0.4 is 4.90 Å². The topological polar surface area (TPSA) is 12.5 Å². The maximum absolute atomic E-state index is 5.48. The van der Waals surface area contributed by atoms with Crippen LogP contribution in [0.1, 0.15) is 25.8 Å². The number of benzene rings is 1. The molecule has 1 aromatic rings. The lowest BCUT2D eigenvalue weighted by molar-refractivity contribution is 0.152. The summed E-state index contributed by atoms with van der Waals surface area (Å²) >= 11 is 0. The number of rotatable bonds is 3. The van der Waals surface area contributed by atoms with E-state index in [2.05, 4.69) is 43.0 Å². The average molecular weight is 233 g/mol. The molecule has 2 nitrogen and oxygen atoms in total. The molecule has 94 valence electrons. The van der Waals surface area contributed by atoms with Crippen LogP contribution in [0.5, 0.6) is 0 Å². The Morgan fingerprint density at radius 3 is 2.59 bits per heavy atom. The van der Waals surface area contributed by atoms with Crippen LogP contribution in [-0.4, -0.2) is 26.3 Å². The zero-order chi connectivity index (χ0) is 12.1. The van der Waals surface area contributed by atoms with Gasteiger partial charge in [0.2, 0.25) is 0 Å². The first-order valence-corrected chi connectivity index (χ1v) is 6.67. The Kier molecular flexibility index (Phi) is 4.43. The zero-order valence-electron chi connectivity index (χ0n) is 11.0. The lowest BCUT2D eigenvalue weighted by atomic mass is 10.0. The summed E-state index contributed by atoms with van der Waals surface area (Å²) < 4.78 is 5.48. The summed E-state index contributed by atoms with van der Waals surface area (Å²) in [7, 11) is 0. The molecule has 0 saturated carbocycles. The highest BCUT2D eigenvalue weighted by Gasteiger charge is 2.09. The number of hydrogen-bond donors (Lipinski definition) is 0. The van der Waals surface area contributed by atoms with Crippen LogP contribution in [-0.2, 0) is 11.2 Å². The quantitative estimate of drug-likeness (QED) is 0.795. The van der Waals surface area contributed by atoms with E-state index in [1.807, 2.05) is 0 Å². The molecule has 1 fully saturated rings. The molecule has 2 heteroatoms. The van der Waals surface area contributed by atoms with Gasteiger partial charge in [0.15, 0.2) is 0 Å². The van der Waals surface area contributed by atoms with Gasteiger partial charge in [-0.1, -0.05) is 26.0 Å². The molecular weight excluding hydrogens is 210 g/mol. The first-order chi connectivity index (χ1) is 8.25. The van der Waals surface area contributed by atoms with Crippen molar-refractivity contribution >= 4 is 5.69 Å². The van der Waals surface area contributed by atoms with Crippen molar-refractivity contribution in [1.82, 2.24) is 0 Å². The minimum absolute atomic E-state index is 0.729. The van der Waals surface area contributed by atoms with Gasteiger partial charge in [-0.15, -0.1) is 0 Å². The van der Waals surface area contributed by atoms with E-state index in [9.17, 15) is 0 Å². The van der Waals surface area contributed by atoms with Crippen LogP contribution in [0.4, 0.5) is 5.69 Å². The van der Waals surface area contributed by atoms with Gasteiger partial charge in [0.25, 0.3) is 0 Å². The van der Waals surface area contributed by atoms with Gasteiger partial charge in [0, 0.05) is 25.4 Å². The fourth-order valence-electron chi connectivity index (χ4n) is 2.32. The molecule has 0 aliphatic carbocycles. The number of hydrogen-bond acceptors (Lipinski definition) is 2. The molecule has 2 rings (SSSR count). The molecule has 0 radical (unpaired) electrons. The van der Waals surface area contributed by atoms with Crippen molar-refractivity contribution in [2.45, 2.75) is 26.7 Å². The second-order valence-electron chi connectivity index (χ2n) is 5.22. The molecule has 1 saturated heterocycles. The molecule has 0 N–H and O–H groups in total. The highest BCUT2D eigenvalue weighted by molar-refractivity contribution is 5.47. The van der Waals surface area contributed by atoms with Gasteiger partial charge in [-0.2, -0.15) is 0 Å². The average Bonchev–Trinajstić information content (AvgIpc) is 2.58. The molecule has 0 atom stereocenters. The monoisotopic (exact) mass is 233 g/mol. The molecule has 0 spiro atoms. The standard InChI is InChI=1S/C15H23NO/c1-13(2)12-14-4-6-15(7-5-14)16-8-3-10-17-11-9-16/h4-7,13H,3,8-12H2,1-2H3. The summed E-state index contributed by atoms with van der Waals surface area (Å²) in [5, 5.41) is 0. The summed E-state index contributed by atoms with van der Waals surface area (Å²) in [6, 6.07) is 9.04. The summed E-state index contributed by atoms with van der Waals surface area (Å²) in [5.41, 5.74) is 2.78. The summed E-state index contributed by atoms with van der Waals surface area (Å²) in [6.07, 6.45) is 2.30. The molecule has 0 aromatic heterocycles. The highest BCUT2D eigenvalue weighted by Crippen LogP contribution is 2.18. The molecule has 0 amide bonds. The summed E-state index contributed by atoms with van der Waals surface area (Å²) in [4.78, 5) is 2.42. The second-order valence-corrected chi connectivity index (χ2v) is 5.22. The Labute approximate surface area is 105 Å². The van der Waals surface area contributed by atoms with Gasteiger partial charge in [-0.3, -0.25) is 0 Å². The van der Waals surface area contributed by atoms with E-state index in [1.165, 1.54) is 17.7 Å². The maximum atomic E-state index is 5.48. The van der Waals surface area contributed by atoms with E-state index < -0.39 is 0 Å². The molecule has 1 aromatic carbocycles. The van der Waals surface area contributed by atoms with E-state index in [-0.39, 0.29) is 0 Å². The molecule has 1 aliphatic rings. The minimum atomic E-state index is 0.729. The SMILES string of the molecule is CC(C)Cc1ccc(N2CCCOCC2)cc1. The fraction of sp³-hybridized carbons (Fsp3) is 0.600. The summed E-state index contributed by atoms with van der Waals surface area (Å²) in [5.74, 6) is 0.729. The molecule has 1 heterocycles. The summed E-state index contributed by atoms with van der Waals surface area (Å²) in [6.45, 7) is 8.42. The molecule has 0 bridgehead atoms.